The molecule has 2 heterocycles. The Kier molecular flexibility index (Phi) is 5.90. The summed E-state index contributed by atoms with van der Waals surface area (Å²) in [5, 5.41) is 7.54. The molecule has 0 aliphatic carbocycles. The van der Waals surface area contributed by atoms with Crippen molar-refractivity contribution in [3.8, 4) is 5.69 Å². The molecule has 1 aromatic heterocycles. The number of carbonyl (C=O) groups excluding carboxylic acids is 3. The van der Waals surface area contributed by atoms with E-state index in [0.717, 1.165) is 28.2 Å². The molecular formula is C25H26N4O3. The Morgan fingerprint density at radius 3 is 2.44 bits per heavy atom. The highest BCUT2D eigenvalue weighted by atomic mass is 16.2. The predicted molar refractivity (Wildman–Crippen MR) is 121 cm³/mol. The van der Waals surface area contributed by atoms with Crippen LogP contribution in [-0.4, -0.2) is 38.9 Å². The molecule has 0 spiro atoms. The monoisotopic (exact) mass is 430 g/mol. The molecule has 0 saturated carbocycles. The molecule has 3 amide bonds. The molecule has 2 aromatic carbocycles. The quantitative estimate of drug-likeness (QED) is 0.582. The summed E-state index contributed by atoms with van der Waals surface area (Å²) in [5.41, 5.74) is 5.63. The molecular weight excluding hydrogens is 404 g/mol. The second kappa shape index (κ2) is 8.78. The molecule has 0 fully saturated rings. The molecule has 1 aliphatic heterocycles. The third kappa shape index (κ3) is 4.06. The van der Waals surface area contributed by atoms with Crippen LogP contribution in [0.1, 0.15) is 56.1 Å². The van der Waals surface area contributed by atoms with Gasteiger partial charge in [0.15, 0.2) is 0 Å². The first-order valence-electron chi connectivity index (χ1n) is 10.7. The van der Waals surface area contributed by atoms with E-state index in [1.807, 2.05) is 61.9 Å². The fourth-order valence-corrected chi connectivity index (χ4v) is 4.03. The molecule has 0 saturated heterocycles. The number of amides is 3. The minimum atomic E-state index is -0.287. The summed E-state index contributed by atoms with van der Waals surface area (Å²) in [6, 6.07) is 15.1. The minimum Gasteiger partial charge on any atom is -0.352 e. The van der Waals surface area contributed by atoms with Crippen molar-refractivity contribution in [2.24, 2.45) is 0 Å². The Morgan fingerprint density at radius 1 is 0.969 bits per heavy atom. The van der Waals surface area contributed by atoms with E-state index in [0.29, 0.717) is 24.1 Å². The van der Waals surface area contributed by atoms with Crippen molar-refractivity contribution in [2.45, 2.75) is 40.2 Å². The summed E-state index contributed by atoms with van der Waals surface area (Å²) in [5.74, 6) is -0.692. The Labute approximate surface area is 187 Å². The van der Waals surface area contributed by atoms with Crippen LogP contribution in [0.3, 0.4) is 0 Å². The summed E-state index contributed by atoms with van der Waals surface area (Å²) in [4.78, 5) is 38.7. The van der Waals surface area contributed by atoms with Gasteiger partial charge in [-0.2, -0.15) is 5.10 Å². The van der Waals surface area contributed by atoms with E-state index in [1.165, 1.54) is 4.90 Å². The van der Waals surface area contributed by atoms with Gasteiger partial charge in [0, 0.05) is 30.8 Å². The van der Waals surface area contributed by atoms with Gasteiger partial charge in [0.25, 0.3) is 11.8 Å². The van der Waals surface area contributed by atoms with E-state index in [-0.39, 0.29) is 30.7 Å². The van der Waals surface area contributed by atoms with E-state index in [9.17, 15) is 14.4 Å². The smallest absolute Gasteiger partial charge is 0.261 e. The van der Waals surface area contributed by atoms with Crippen molar-refractivity contribution in [1.29, 1.82) is 0 Å². The molecule has 0 atom stereocenters. The highest BCUT2D eigenvalue weighted by Crippen LogP contribution is 2.24. The van der Waals surface area contributed by atoms with Crippen molar-refractivity contribution in [1.82, 2.24) is 20.0 Å². The molecule has 3 aromatic rings. The second-order valence-electron chi connectivity index (χ2n) is 8.09. The molecule has 32 heavy (non-hydrogen) atoms. The minimum absolute atomic E-state index is 0.122. The third-order valence-corrected chi connectivity index (χ3v) is 5.82. The number of hydrogen-bond acceptors (Lipinski definition) is 4. The van der Waals surface area contributed by atoms with E-state index < -0.39 is 0 Å². The van der Waals surface area contributed by atoms with Gasteiger partial charge >= 0.3 is 0 Å². The number of nitrogens with one attached hydrogen (secondary N) is 1. The number of para-hydroxylation sites is 1. The van der Waals surface area contributed by atoms with Gasteiger partial charge < -0.3 is 5.32 Å². The zero-order chi connectivity index (χ0) is 22.8. The zero-order valence-corrected chi connectivity index (χ0v) is 18.5. The van der Waals surface area contributed by atoms with E-state index in [2.05, 4.69) is 10.4 Å². The maximum atomic E-state index is 12.5. The average Bonchev–Trinajstić information content (AvgIpc) is 3.20. The fourth-order valence-electron chi connectivity index (χ4n) is 4.03. The van der Waals surface area contributed by atoms with Crippen LogP contribution in [0.15, 0.2) is 48.5 Å². The lowest BCUT2D eigenvalue weighted by Crippen LogP contribution is -2.32. The highest BCUT2D eigenvalue weighted by molar-refractivity contribution is 6.21. The van der Waals surface area contributed by atoms with Crippen molar-refractivity contribution in [3.05, 3.63) is 82.2 Å². The van der Waals surface area contributed by atoms with E-state index in [4.69, 9.17) is 0 Å². The Bertz CT molecular complexity index is 1200. The third-order valence-electron chi connectivity index (χ3n) is 5.82. The van der Waals surface area contributed by atoms with Gasteiger partial charge in [0.2, 0.25) is 5.91 Å². The van der Waals surface area contributed by atoms with Crippen molar-refractivity contribution < 1.29 is 14.4 Å². The van der Waals surface area contributed by atoms with Gasteiger partial charge in [0.05, 0.1) is 22.5 Å². The van der Waals surface area contributed by atoms with Gasteiger partial charge in [0.1, 0.15) is 0 Å². The summed E-state index contributed by atoms with van der Waals surface area (Å²) < 4.78 is 1.88. The van der Waals surface area contributed by atoms with E-state index >= 15 is 0 Å². The lowest BCUT2D eigenvalue weighted by molar-refractivity contribution is -0.121. The van der Waals surface area contributed by atoms with Crippen LogP contribution >= 0.6 is 0 Å². The van der Waals surface area contributed by atoms with Crippen molar-refractivity contribution >= 4 is 17.7 Å². The lowest BCUT2D eigenvalue weighted by Gasteiger charge is -2.13. The summed E-state index contributed by atoms with van der Waals surface area (Å²) in [6.07, 6.45) is 0.648. The molecule has 1 N–H and O–H groups in total. The molecule has 164 valence electrons. The number of hydrogen-bond donors (Lipinski definition) is 1. The number of fused-ring (bicyclic) bond motifs is 1. The van der Waals surface area contributed by atoms with Crippen LogP contribution < -0.4 is 5.32 Å². The van der Waals surface area contributed by atoms with Crippen LogP contribution in [0.25, 0.3) is 5.69 Å². The number of rotatable bonds is 7. The first-order chi connectivity index (χ1) is 15.4. The molecule has 4 rings (SSSR count). The maximum absolute atomic E-state index is 12.5. The standard InChI is InChI=1S/C25H26N4O3/c1-16-11-12-20-21(14-16)25(32)28(24(20)31)13-7-10-23(30)26-15-22-17(2)27-29(18(22)3)19-8-5-4-6-9-19/h4-6,8-9,11-12,14H,7,10,13,15H2,1-3H3,(H,26,30). The highest BCUT2D eigenvalue weighted by Gasteiger charge is 2.34. The normalized spacial score (nSPS) is 12.9. The van der Waals surface area contributed by atoms with Gasteiger partial charge in [-0.15, -0.1) is 0 Å². The van der Waals surface area contributed by atoms with Crippen LogP contribution in [0.5, 0.6) is 0 Å². The van der Waals surface area contributed by atoms with Crippen LogP contribution in [-0.2, 0) is 11.3 Å². The summed E-state index contributed by atoms with van der Waals surface area (Å²) in [6.45, 7) is 6.41. The first kappa shape index (κ1) is 21.5. The first-order valence-corrected chi connectivity index (χ1v) is 10.7. The van der Waals surface area contributed by atoms with Crippen LogP contribution in [0, 0.1) is 20.8 Å². The molecule has 0 bridgehead atoms. The maximum Gasteiger partial charge on any atom is 0.261 e. The topological polar surface area (TPSA) is 84.3 Å². The Hall–Kier alpha value is -3.74. The summed E-state index contributed by atoms with van der Waals surface area (Å²) in [7, 11) is 0. The van der Waals surface area contributed by atoms with Crippen LogP contribution in [0.4, 0.5) is 0 Å². The molecule has 0 radical (unpaired) electrons. The number of imide groups is 1. The van der Waals surface area contributed by atoms with Crippen molar-refractivity contribution in [2.75, 3.05) is 6.54 Å². The summed E-state index contributed by atoms with van der Waals surface area (Å²) >= 11 is 0. The van der Waals surface area contributed by atoms with E-state index in [1.54, 1.807) is 12.1 Å². The lowest BCUT2D eigenvalue weighted by atomic mass is 10.1. The molecule has 1 aliphatic rings. The SMILES string of the molecule is Cc1ccc2c(c1)C(=O)N(CCCC(=O)NCc1c(C)nn(-c3ccccc3)c1C)C2=O. The Morgan fingerprint density at radius 2 is 1.69 bits per heavy atom. The largest absolute Gasteiger partial charge is 0.352 e. The van der Waals surface area contributed by atoms with Crippen molar-refractivity contribution in [3.63, 3.8) is 0 Å². The number of nitrogens with zero attached hydrogens (tertiary/aromatic N) is 3. The number of benzene rings is 2. The van der Waals surface area contributed by atoms with Gasteiger partial charge in [-0.1, -0.05) is 29.8 Å². The number of carbonyl (C=O) groups is 3. The van der Waals surface area contributed by atoms with Gasteiger partial charge in [-0.05, 0) is 51.5 Å². The number of aryl methyl sites for hydroxylation is 2. The van der Waals surface area contributed by atoms with Gasteiger partial charge in [-0.25, -0.2) is 4.68 Å². The molecule has 7 nitrogen and oxygen atoms in total. The zero-order valence-electron chi connectivity index (χ0n) is 18.5. The van der Waals surface area contributed by atoms with Crippen LogP contribution in [0.2, 0.25) is 0 Å². The second-order valence-corrected chi connectivity index (χ2v) is 8.09. The molecule has 0 unspecified atom stereocenters. The Balaban J connectivity index is 1.31. The number of aromatic nitrogens is 2. The van der Waals surface area contributed by atoms with Gasteiger partial charge in [-0.3, -0.25) is 19.3 Å². The fraction of sp³-hybridized carbons (Fsp3) is 0.280. The average molecular weight is 431 g/mol. The predicted octanol–water partition coefficient (Wildman–Crippen LogP) is 3.49. The molecule has 7 heteroatoms.